The minimum Gasteiger partial charge on any atom is -0.481 e. The van der Waals surface area contributed by atoms with E-state index in [0.29, 0.717) is 22.6 Å². The highest BCUT2D eigenvalue weighted by Gasteiger charge is 2.30. The van der Waals surface area contributed by atoms with Crippen molar-refractivity contribution in [3.05, 3.63) is 59.9 Å². The van der Waals surface area contributed by atoms with Crippen LogP contribution in [0.2, 0.25) is 0 Å². The van der Waals surface area contributed by atoms with Gasteiger partial charge >= 0.3 is 12.1 Å². The number of hydrogen-bond acceptors (Lipinski definition) is 5. The molecule has 0 aliphatic rings. The predicted molar refractivity (Wildman–Crippen MR) is 95.5 cm³/mol. The highest BCUT2D eigenvalue weighted by molar-refractivity contribution is 7.99. The number of furan rings is 1. The fourth-order valence-electron chi connectivity index (χ4n) is 2.48. The lowest BCUT2D eigenvalue weighted by atomic mass is 9.99. The molecule has 3 aromatic rings. The van der Waals surface area contributed by atoms with E-state index in [0.717, 1.165) is 23.9 Å². The first-order valence-corrected chi connectivity index (χ1v) is 8.79. The van der Waals surface area contributed by atoms with Gasteiger partial charge in [-0.15, -0.1) is 0 Å². The summed E-state index contributed by atoms with van der Waals surface area (Å²) in [5.41, 5.74) is 0.325. The van der Waals surface area contributed by atoms with Gasteiger partial charge in [-0.05, 0) is 35.9 Å². The fourth-order valence-corrected chi connectivity index (χ4v) is 3.20. The summed E-state index contributed by atoms with van der Waals surface area (Å²) in [6.45, 7) is 0. The molecule has 0 saturated carbocycles. The van der Waals surface area contributed by atoms with Crippen LogP contribution in [0, 0.1) is 11.3 Å². The second-order valence-electron chi connectivity index (χ2n) is 5.58. The molecular formula is C19H11F3N2O3S. The van der Waals surface area contributed by atoms with Crippen LogP contribution in [0.5, 0.6) is 0 Å². The molecule has 1 N–H and O–H groups in total. The van der Waals surface area contributed by atoms with Crippen molar-refractivity contribution in [2.24, 2.45) is 0 Å². The first-order valence-electron chi connectivity index (χ1n) is 7.81. The number of carbonyl (C=O) groups is 1. The maximum absolute atomic E-state index is 12.8. The van der Waals surface area contributed by atoms with Gasteiger partial charge in [0.05, 0.1) is 23.1 Å². The van der Waals surface area contributed by atoms with Crippen LogP contribution in [0.4, 0.5) is 13.2 Å². The van der Waals surface area contributed by atoms with E-state index < -0.39 is 17.7 Å². The van der Waals surface area contributed by atoms with Crippen molar-refractivity contribution >= 4 is 17.7 Å². The zero-order chi connectivity index (χ0) is 20.3. The van der Waals surface area contributed by atoms with Crippen molar-refractivity contribution in [2.45, 2.75) is 11.2 Å². The number of thioether (sulfide) groups is 1. The molecule has 0 unspecified atom stereocenters. The molecule has 2 aromatic heterocycles. The van der Waals surface area contributed by atoms with Crippen LogP contribution in [0.25, 0.3) is 22.6 Å². The molecule has 2 heterocycles. The van der Waals surface area contributed by atoms with Gasteiger partial charge in [0.15, 0.2) is 5.76 Å². The number of carboxylic acid groups (broad SMARTS) is 1. The third kappa shape index (κ3) is 4.18. The third-order valence-electron chi connectivity index (χ3n) is 3.73. The second kappa shape index (κ2) is 7.78. The summed E-state index contributed by atoms with van der Waals surface area (Å²) in [5.74, 6) is -1.03. The topological polar surface area (TPSA) is 87.1 Å². The van der Waals surface area contributed by atoms with E-state index in [2.05, 4.69) is 4.98 Å². The van der Waals surface area contributed by atoms with Crippen molar-refractivity contribution in [3.63, 3.8) is 0 Å². The van der Waals surface area contributed by atoms with Gasteiger partial charge in [-0.1, -0.05) is 23.9 Å². The minimum atomic E-state index is -4.48. The average Bonchev–Trinajstić information content (AvgIpc) is 3.19. The number of aliphatic carboxylic acids is 1. The van der Waals surface area contributed by atoms with Gasteiger partial charge in [0.1, 0.15) is 16.8 Å². The van der Waals surface area contributed by atoms with Crippen LogP contribution in [0.1, 0.15) is 11.1 Å². The molecule has 0 spiro atoms. The molecule has 28 heavy (non-hydrogen) atoms. The summed E-state index contributed by atoms with van der Waals surface area (Å²) < 4.78 is 43.8. The predicted octanol–water partition coefficient (Wildman–Crippen LogP) is 5.08. The summed E-state index contributed by atoms with van der Waals surface area (Å²) in [6.07, 6.45) is -3.05. The Balaban J connectivity index is 2.15. The van der Waals surface area contributed by atoms with Gasteiger partial charge < -0.3 is 9.52 Å². The van der Waals surface area contributed by atoms with E-state index in [1.807, 2.05) is 6.07 Å². The fraction of sp³-hybridized carbons (Fsp3) is 0.105. The van der Waals surface area contributed by atoms with Gasteiger partial charge in [-0.2, -0.15) is 18.4 Å². The summed E-state index contributed by atoms with van der Waals surface area (Å²) in [6, 6.07) is 11.1. The highest BCUT2D eigenvalue weighted by atomic mass is 32.2. The number of hydrogen-bond donors (Lipinski definition) is 1. The zero-order valence-corrected chi connectivity index (χ0v) is 14.8. The Morgan fingerprint density at radius 1 is 1.25 bits per heavy atom. The summed E-state index contributed by atoms with van der Waals surface area (Å²) in [5, 5.41) is 18.7. The van der Waals surface area contributed by atoms with Crippen molar-refractivity contribution in [1.29, 1.82) is 5.26 Å². The highest BCUT2D eigenvalue weighted by Crippen LogP contribution is 2.36. The van der Waals surface area contributed by atoms with E-state index in [9.17, 15) is 23.2 Å². The Bertz CT molecular complexity index is 1040. The number of carboxylic acids is 1. The molecule has 0 bridgehead atoms. The van der Waals surface area contributed by atoms with Crippen LogP contribution in [0.15, 0.2) is 58.2 Å². The normalized spacial score (nSPS) is 11.2. The van der Waals surface area contributed by atoms with E-state index in [1.165, 1.54) is 24.5 Å². The monoisotopic (exact) mass is 404 g/mol. The first-order chi connectivity index (χ1) is 13.3. The molecule has 0 radical (unpaired) electrons. The summed E-state index contributed by atoms with van der Waals surface area (Å²) >= 11 is 0.853. The number of alkyl halides is 3. The number of nitriles is 1. The standard InChI is InChI=1S/C19H11F3N2O3S/c20-19(21,22)12-5-3-11(4-6-12)13-8-15(16-2-1-7-27-16)24-18(14(13)9-23)28-10-17(25)26/h1-8H,10H2,(H,25,26). The van der Waals surface area contributed by atoms with Crippen LogP contribution < -0.4 is 0 Å². The molecule has 3 rings (SSSR count). The van der Waals surface area contributed by atoms with E-state index in [1.54, 1.807) is 12.1 Å². The van der Waals surface area contributed by atoms with E-state index in [4.69, 9.17) is 9.52 Å². The van der Waals surface area contributed by atoms with Crippen molar-refractivity contribution < 1.29 is 27.5 Å². The molecule has 1 aromatic carbocycles. The number of nitrogens with zero attached hydrogens (tertiary/aromatic N) is 2. The van der Waals surface area contributed by atoms with E-state index >= 15 is 0 Å². The molecule has 142 valence electrons. The zero-order valence-electron chi connectivity index (χ0n) is 14.0. The maximum atomic E-state index is 12.8. The molecule has 0 fully saturated rings. The second-order valence-corrected chi connectivity index (χ2v) is 6.55. The average molecular weight is 404 g/mol. The molecule has 9 heteroatoms. The number of benzene rings is 1. The third-order valence-corrected chi connectivity index (χ3v) is 4.69. The van der Waals surface area contributed by atoms with Crippen molar-refractivity contribution in [3.8, 4) is 28.7 Å². The molecule has 0 saturated heterocycles. The maximum Gasteiger partial charge on any atom is 0.416 e. The van der Waals surface area contributed by atoms with E-state index in [-0.39, 0.29) is 16.3 Å². The van der Waals surface area contributed by atoms with Gasteiger partial charge in [-0.3, -0.25) is 4.79 Å². The van der Waals surface area contributed by atoms with Gasteiger partial charge in [0, 0.05) is 5.56 Å². The number of halogens is 3. The number of aromatic nitrogens is 1. The lowest BCUT2D eigenvalue weighted by Crippen LogP contribution is -2.04. The smallest absolute Gasteiger partial charge is 0.416 e. The summed E-state index contributed by atoms with van der Waals surface area (Å²) in [4.78, 5) is 15.2. The van der Waals surface area contributed by atoms with Crippen molar-refractivity contribution in [1.82, 2.24) is 4.98 Å². The Labute approximate surface area is 161 Å². The van der Waals surface area contributed by atoms with Crippen LogP contribution in [0.3, 0.4) is 0 Å². The van der Waals surface area contributed by atoms with Crippen LogP contribution >= 0.6 is 11.8 Å². The Hall–Kier alpha value is -3.25. The molecule has 5 nitrogen and oxygen atoms in total. The Morgan fingerprint density at radius 2 is 1.96 bits per heavy atom. The molecular weight excluding hydrogens is 393 g/mol. The first kappa shape index (κ1) is 19.5. The lowest BCUT2D eigenvalue weighted by molar-refractivity contribution is -0.137. The molecule has 0 aliphatic heterocycles. The van der Waals surface area contributed by atoms with Crippen LogP contribution in [-0.4, -0.2) is 21.8 Å². The molecule has 0 aliphatic carbocycles. The van der Waals surface area contributed by atoms with Crippen molar-refractivity contribution in [2.75, 3.05) is 5.75 Å². The van der Waals surface area contributed by atoms with Gasteiger partial charge in [0.25, 0.3) is 0 Å². The Kier molecular flexibility index (Phi) is 5.42. The molecule has 0 amide bonds. The minimum absolute atomic E-state index is 0.0846. The lowest BCUT2D eigenvalue weighted by Gasteiger charge is -2.12. The summed E-state index contributed by atoms with van der Waals surface area (Å²) in [7, 11) is 0. The molecule has 0 atom stereocenters. The van der Waals surface area contributed by atoms with Crippen LogP contribution in [-0.2, 0) is 11.0 Å². The quantitative estimate of drug-likeness (QED) is 0.597. The van der Waals surface area contributed by atoms with Gasteiger partial charge in [-0.25, -0.2) is 4.98 Å². The number of pyridine rings is 1. The number of rotatable bonds is 5. The largest absolute Gasteiger partial charge is 0.481 e. The Morgan fingerprint density at radius 3 is 2.50 bits per heavy atom. The SMILES string of the molecule is N#Cc1c(-c2ccc(C(F)(F)F)cc2)cc(-c2ccco2)nc1SCC(=O)O. The van der Waals surface area contributed by atoms with Gasteiger partial charge in [0.2, 0.25) is 0 Å².